The van der Waals surface area contributed by atoms with Crippen LogP contribution in [0.25, 0.3) is 0 Å². The smallest absolute Gasteiger partial charge is 0.252 e. The zero-order valence-electron chi connectivity index (χ0n) is 9.00. The van der Waals surface area contributed by atoms with Crippen LogP contribution in [0.4, 0.5) is 0 Å². The van der Waals surface area contributed by atoms with Crippen molar-refractivity contribution in [2.45, 2.75) is 50.2 Å². The zero-order valence-corrected chi connectivity index (χ0v) is 9.00. The first-order chi connectivity index (χ1) is 7.21. The Labute approximate surface area is 90.0 Å². The zero-order chi connectivity index (χ0) is 10.7. The largest absolute Gasteiger partial charge is 0.380 e. The topological polar surface area (TPSA) is 58.6 Å². The normalized spacial score (nSPS) is 29.3. The van der Waals surface area contributed by atoms with E-state index in [4.69, 9.17) is 4.74 Å². The molecule has 0 bridgehead atoms. The average Bonchev–Trinajstić information content (AvgIpc) is 2.85. The van der Waals surface area contributed by atoms with Gasteiger partial charge in [-0.15, -0.1) is 0 Å². The van der Waals surface area contributed by atoms with E-state index in [1.165, 1.54) is 0 Å². The molecule has 15 heavy (non-hydrogen) atoms. The lowest BCUT2D eigenvalue weighted by atomic mass is 10.0. The highest BCUT2D eigenvalue weighted by molar-refractivity contribution is 5.85. The minimum atomic E-state index is -1.10. The number of hydrogen-bond acceptors (Lipinski definition) is 3. The van der Waals surface area contributed by atoms with E-state index in [-0.39, 0.29) is 12.0 Å². The number of aliphatic hydroxyl groups is 1. The van der Waals surface area contributed by atoms with Gasteiger partial charge in [-0.1, -0.05) is 0 Å². The van der Waals surface area contributed by atoms with Gasteiger partial charge < -0.3 is 15.2 Å². The molecule has 0 radical (unpaired) electrons. The molecule has 1 aliphatic heterocycles. The maximum absolute atomic E-state index is 11.7. The standard InChI is InChI=1S/C11H19NO3/c13-10(11(14)5-1-2-6-11)12-8-9-4-3-7-15-9/h9,14H,1-8H2,(H,12,13). The molecular formula is C11H19NO3. The van der Waals surface area contributed by atoms with E-state index in [1.54, 1.807) is 0 Å². The van der Waals surface area contributed by atoms with Crippen molar-refractivity contribution in [2.24, 2.45) is 0 Å². The van der Waals surface area contributed by atoms with Gasteiger partial charge in [0.2, 0.25) is 0 Å². The summed E-state index contributed by atoms with van der Waals surface area (Å²) >= 11 is 0. The number of rotatable bonds is 3. The Kier molecular flexibility index (Phi) is 3.26. The molecule has 1 saturated carbocycles. The Morgan fingerprint density at radius 2 is 2.13 bits per heavy atom. The van der Waals surface area contributed by atoms with E-state index in [0.29, 0.717) is 19.4 Å². The predicted molar refractivity (Wildman–Crippen MR) is 55.4 cm³/mol. The Hall–Kier alpha value is -0.610. The van der Waals surface area contributed by atoms with Crippen LogP contribution in [0.3, 0.4) is 0 Å². The van der Waals surface area contributed by atoms with E-state index in [1.807, 2.05) is 0 Å². The van der Waals surface area contributed by atoms with Gasteiger partial charge in [-0.25, -0.2) is 0 Å². The highest BCUT2D eigenvalue weighted by atomic mass is 16.5. The summed E-state index contributed by atoms with van der Waals surface area (Å²) in [6.45, 7) is 1.34. The van der Waals surface area contributed by atoms with Crippen molar-refractivity contribution in [3.05, 3.63) is 0 Å². The summed E-state index contributed by atoms with van der Waals surface area (Å²) in [6.07, 6.45) is 5.34. The van der Waals surface area contributed by atoms with Gasteiger partial charge in [0, 0.05) is 13.2 Å². The van der Waals surface area contributed by atoms with Gasteiger partial charge in [-0.2, -0.15) is 0 Å². The van der Waals surface area contributed by atoms with E-state index in [9.17, 15) is 9.90 Å². The predicted octanol–water partition coefficient (Wildman–Crippen LogP) is 0.587. The number of carbonyl (C=O) groups is 1. The quantitative estimate of drug-likeness (QED) is 0.721. The first-order valence-electron chi connectivity index (χ1n) is 5.83. The van der Waals surface area contributed by atoms with Crippen LogP contribution in [0.1, 0.15) is 38.5 Å². The fourth-order valence-electron chi connectivity index (χ4n) is 2.36. The van der Waals surface area contributed by atoms with Crippen LogP contribution < -0.4 is 5.32 Å². The van der Waals surface area contributed by atoms with Crippen LogP contribution in [-0.4, -0.2) is 35.9 Å². The summed E-state index contributed by atoms with van der Waals surface area (Å²) in [6, 6.07) is 0. The monoisotopic (exact) mass is 213 g/mol. The van der Waals surface area contributed by atoms with Crippen LogP contribution in [0, 0.1) is 0 Å². The van der Waals surface area contributed by atoms with Gasteiger partial charge in [0.05, 0.1) is 6.10 Å². The molecule has 1 saturated heterocycles. The van der Waals surface area contributed by atoms with Gasteiger partial charge in [-0.3, -0.25) is 4.79 Å². The second-order valence-corrected chi connectivity index (χ2v) is 4.58. The van der Waals surface area contributed by atoms with Gasteiger partial charge in [-0.05, 0) is 38.5 Å². The van der Waals surface area contributed by atoms with Crippen LogP contribution in [0.15, 0.2) is 0 Å². The SMILES string of the molecule is O=C(NCC1CCCO1)C1(O)CCCC1. The van der Waals surface area contributed by atoms with Crippen LogP contribution in [-0.2, 0) is 9.53 Å². The summed E-state index contributed by atoms with van der Waals surface area (Å²) in [7, 11) is 0. The molecule has 0 spiro atoms. The number of ether oxygens (including phenoxy) is 1. The van der Waals surface area contributed by atoms with Crippen molar-refractivity contribution in [3.63, 3.8) is 0 Å². The maximum Gasteiger partial charge on any atom is 0.252 e. The molecule has 2 N–H and O–H groups in total. The molecule has 1 amide bonds. The highest BCUT2D eigenvalue weighted by Gasteiger charge is 2.38. The number of hydrogen-bond donors (Lipinski definition) is 2. The lowest BCUT2D eigenvalue weighted by Crippen LogP contribution is -2.46. The lowest BCUT2D eigenvalue weighted by Gasteiger charge is -2.22. The van der Waals surface area contributed by atoms with E-state index in [2.05, 4.69) is 5.32 Å². The average molecular weight is 213 g/mol. The van der Waals surface area contributed by atoms with Gasteiger partial charge in [0.25, 0.3) is 5.91 Å². The third-order valence-corrected chi connectivity index (χ3v) is 3.37. The lowest BCUT2D eigenvalue weighted by molar-refractivity contribution is -0.139. The van der Waals surface area contributed by atoms with Crippen molar-refractivity contribution >= 4 is 5.91 Å². The molecule has 2 fully saturated rings. The second-order valence-electron chi connectivity index (χ2n) is 4.58. The summed E-state index contributed by atoms with van der Waals surface area (Å²) in [5.41, 5.74) is -1.10. The first-order valence-corrected chi connectivity index (χ1v) is 5.83. The van der Waals surface area contributed by atoms with Crippen LogP contribution in [0.2, 0.25) is 0 Å². The molecule has 0 aromatic carbocycles. The van der Waals surface area contributed by atoms with Crippen molar-refractivity contribution in [1.29, 1.82) is 0 Å². The maximum atomic E-state index is 11.7. The third kappa shape index (κ3) is 2.49. The van der Waals surface area contributed by atoms with Gasteiger partial charge >= 0.3 is 0 Å². The molecular weight excluding hydrogens is 194 g/mol. The molecule has 1 heterocycles. The van der Waals surface area contributed by atoms with Crippen molar-refractivity contribution in [2.75, 3.05) is 13.2 Å². The molecule has 1 atom stereocenters. The molecule has 0 aromatic heterocycles. The Morgan fingerprint density at radius 3 is 2.73 bits per heavy atom. The molecule has 2 rings (SSSR count). The first kappa shape index (κ1) is 10.9. The summed E-state index contributed by atoms with van der Waals surface area (Å²) in [5.74, 6) is -0.212. The minimum Gasteiger partial charge on any atom is -0.380 e. The van der Waals surface area contributed by atoms with E-state index in [0.717, 1.165) is 32.3 Å². The summed E-state index contributed by atoms with van der Waals surface area (Å²) in [5, 5.41) is 12.8. The number of amides is 1. The number of nitrogens with one attached hydrogen (secondary N) is 1. The number of carbonyl (C=O) groups excluding carboxylic acids is 1. The Morgan fingerprint density at radius 1 is 1.40 bits per heavy atom. The molecule has 86 valence electrons. The minimum absolute atomic E-state index is 0.152. The third-order valence-electron chi connectivity index (χ3n) is 3.37. The molecule has 2 aliphatic rings. The Bertz CT molecular complexity index is 230. The van der Waals surface area contributed by atoms with Gasteiger partial charge in [0.15, 0.2) is 0 Å². The van der Waals surface area contributed by atoms with Crippen molar-refractivity contribution < 1.29 is 14.6 Å². The molecule has 4 nitrogen and oxygen atoms in total. The van der Waals surface area contributed by atoms with Gasteiger partial charge in [0.1, 0.15) is 5.60 Å². The van der Waals surface area contributed by atoms with Crippen LogP contribution >= 0.6 is 0 Å². The molecule has 1 unspecified atom stereocenters. The summed E-state index contributed by atoms with van der Waals surface area (Å²) < 4.78 is 5.40. The van der Waals surface area contributed by atoms with Crippen molar-refractivity contribution in [3.8, 4) is 0 Å². The fourth-order valence-corrected chi connectivity index (χ4v) is 2.36. The summed E-state index contributed by atoms with van der Waals surface area (Å²) in [4.78, 5) is 11.7. The molecule has 1 aliphatic carbocycles. The van der Waals surface area contributed by atoms with Crippen molar-refractivity contribution in [1.82, 2.24) is 5.32 Å². The van der Waals surface area contributed by atoms with Crippen LogP contribution in [0.5, 0.6) is 0 Å². The fraction of sp³-hybridized carbons (Fsp3) is 0.909. The molecule has 0 aromatic rings. The van der Waals surface area contributed by atoms with E-state index >= 15 is 0 Å². The molecule has 4 heteroatoms. The highest BCUT2D eigenvalue weighted by Crippen LogP contribution is 2.29. The second kappa shape index (κ2) is 4.49. The van der Waals surface area contributed by atoms with E-state index < -0.39 is 5.60 Å². The Balaban J connectivity index is 1.76.